The zero-order valence-corrected chi connectivity index (χ0v) is 9.50. The Bertz CT molecular complexity index is 392. The quantitative estimate of drug-likeness (QED) is 0.578. The van der Waals surface area contributed by atoms with Gasteiger partial charge < -0.3 is 10.6 Å². The third-order valence-electron chi connectivity index (χ3n) is 2.29. The fourth-order valence-corrected chi connectivity index (χ4v) is 2.20. The molecule has 0 radical (unpaired) electrons. The summed E-state index contributed by atoms with van der Waals surface area (Å²) in [5.74, 6) is -0.0170. The Kier molecular flexibility index (Phi) is 2.75. The number of hydrogen-bond acceptors (Lipinski definition) is 4. The Morgan fingerprint density at radius 3 is 2.93 bits per heavy atom. The van der Waals surface area contributed by atoms with Crippen LogP contribution in [0.3, 0.4) is 0 Å². The van der Waals surface area contributed by atoms with Gasteiger partial charge in [-0.2, -0.15) is 12.6 Å². The van der Waals surface area contributed by atoms with E-state index in [1.807, 2.05) is 0 Å². The maximum atomic E-state index is 11.6. The number of hydrogen-bond donors (Lipinski definition) is 2. The summed E-state index contributed by atoms with van der Waals surface area (Å²) in [4.78, 5) is 17.1. The highest BCUT2D eigenvalue weighted by Gasteiger charge is 2.31. The van der Waals surface area contributed by atoms with Crippen LogP contribution in [0.2, 0.25) is 5.15 Å². The largest absolute Gasteiger partial charge is 0.397 e. The van der Waals surface area contributed by atoms with Crippen molar-refractivity contribution in [3.63, 3.8) is 0 Å². The lowest BCUT2D eigenvalue weighted by Gasteiger charge is -2.18. The predicted molar refractivity (Wildman–Crippen MR) is 63.4 cm³/mol. The second-order valence-corrected chi connectivity index (χ2v) is 4.49. The highest BCUT2D eigenvalue weighted by Crippen LogP contribution is 2.33. The summed E-state index contributed by atoms with van der Waals surface area (Å²) in [6, 6.07) is 1.63. The number of halogens is 1. The summed E-state index contributed by atoms with van der Waals surface area (Å²) in [6.45, 7) is 0.525. The SMILES string of the molecule is Nc1ccnc(Cl)c1N1CC(S)CC1=O. The Morgan fingerprint density at radius 1 is 1.67 bits per heavy atom. The van der Waals surface area contributed by atoms with Crippen LogP contribution in [0.4, 0.5) is 11.4 Å². The minimum Gasteiger partial charge on any atom is -0.397 e. The summed E-state index contributed by atoms with van der Waals surface area (Å²) in [5.41, 5.74) is 6.73. The molecule has 80 valence electrons. The molecule has 1 atom stereocenters. The molecule has 2 rings (SSSR count). The molecule has 1 aliphatic rings. The number of amides is 1. The molecule has 6 heteroatoms. The van der Waals surface area contributed by atoms with Crippen LogP contribution in [0.25, 0.3) is 0 Å². The molecule has 1 saturated heterocycles. The lowest BCUT2D eigenvalue weighted by atomic mass is 10.3. The van der Waals surface area contributed by atoms with E-state index in [4.69, 9.17) is 17.3 Å². The van der Waals surface area contributed by atoms with Crippen molar-refractivity contribution in [2.24, 2.45) is 0 Å². The number of nitrogen functional groups attached to an aromatic ring is 1. The van der Waals surface area contributed by atoms with Crippen molar-refractivity contribution in [3.05, 3.63) is 17.4 Å². The topological polar surface area (TPSA) is 59.2 Å². The van der Waals surface area contributed by atoms with Crippen molar-refractivity contribution in [1.82, 2.24) is 4.98 Å². The van der Waals surface area contributed by atoms with E-state index in [0.29, 0.717) is 24.3 Å². The summed E-state index contributed by atoms with van der Waals surface area (Å²) in [6.07, 6.45) is 1.92. The molecular formula is C9H10ClN3OS. The first-order valence-electron chi connectivity index (χ1n) is 4.48. The highest BCUT2D eigenvalue weighted by molar-refractivity contribution is 7.81. The van der Waals surface area contributed by atoms with Crippen molar-refractivity contribution in [1.29, 1.82) is 0 Å². The van der Waals surface area contributed by atoms with Crippen LogP contribution in [0.1, 0.15) is 6.42 Å². The molecule has 0 bridgehead atoms. The van der Waals surface area contributed by atoms with Gasteiger partial charge in [0.15, 0.2) is 5.15 Å². The molecule has 2 N–H and O–H groups in total. The van der Waals surface area contributed by atoms with Gasteiger partial charge in [0.25, 0.3) is 0 Å². The lowest BCUT2D eigenvalue weighted by Crippen LogP contribution is -2.26. The minimum absolute atomic E-state index is 0.0170. The highest BCUT2D eigenvalue weighted by atomic mass is 35.5. The summed E-state index contributed by atoms with van der Waals surface area (Å²) in [5, 5.41) is 0.291. The second kappa shape index (κ2) is 3.90. The zero-order valence-electron chi connectivity index (χ0n) is 7.85. The summed E-state index contributed by atoms with van der Waals surface area (Å²) in [7, 11) is 0. The Morgan fingerprint density at radius 2 is 2.40 bits per heavy atom. The summed E-state index contributed by atoms with van der Waals surface area (Å²) < 4.78 is 0. The molecule has 2 heterocycles. The van der Waals surface area contributed by atoms with Crippen molar-refractivity contribution >= 4 is 41.5 Å². The first kappa shape index (κ1) is 10.6. The van der Waals surface area contributed by atoms with Gasteiger partial charge in [-0.25, -0.2) is 4.98 Å². The molecule has 15 heavy (non-hydrogen) atoms. The number of pyridine rings is 1. The number of carbonyl (C=O) groups excluding carboxylic acids is 1. The van der Waals surface area contributed by atoms with E-state index in [-0.39, 0.29) is 16.3 Å². The lowest BCUT2D eigenvalue weighted by molar-refractivity contribution is -0.117. The number of thiol groups is 1. The molecule has 4 nitrogen and oxygen atoms in total. The average molecular weight is 244 g/mol. The van der Waals surface area contributed by atoms with Crippen LogP contribution < -0.4 is 10.6 Å². The minimum atomic E-state index is -0.0170. The van der Waals surface area contributed by atoms with E-state index < -0.39 is 0 Å². The van der Waals surface area contributed by atoms with E-state index in [1.54, 1.807) is 11.0 Å². The van der Waals surface area contributed by atoms with Gasteiger partial charge in [0.05, 0.1) is 5.69 Å². The van der Waals surface area contributed by atoms with Crippen LogP contribution in [0.15, 0.2) is 12.3 Å². The average Bonchev–Trinajstić information content (AvgIpc) is 2.45. The van der Waals surface area contributed by atoms with Gasteiger partial charge in [0.2, 0.25) is 5.91 Å². The van der Waals surface area contributed by atoms with Crippen LogP contribution in [-0.4, -0.2) is 22.7 Å². The normalized spacial score (nSPS) is 21.1. The molecular weight excluding hydrogens is 234 g/mol. The smallest absolute Gasteiger partial charge is 0.228 e. The van der Waals surface area contributed by atoms with Crippen LogP contribution in [0, 0.1) is 0 Å². The predicted octanol–water partition coefficient (Wildman–Crippen LogP) is 1.35. The first-order chi connectivity index (χ1) is 7.09. The Hall–Kier alpha value is -0.940. The fourth-order valence-electron chi connectivity index (χ4n) is 1.61. The number of aromatic nitrogens is 1. The van der Waals surface area contributed by atoms with Gasteiger partial charge in [0.1, 0.15) is 5.69 Å². The molecule has 0 saturated carbocycles. The maximum absolute atomic E-state index is 11.6. The van der Waals surface area contributed by atoms with Crippen LogP contribution >= 0.6 is 24.2 Å². The van der Waals surface area contributed by atoms with Crippen LogP contribution in [-0.2, 0) is 4.79 Å². The Balaban J connectivity index is 2.41. The van der Waals surface area contributed by atoms with Crippen molar-refractivity contribution in [3.8, 4) is 0 Å². The fraction of sp³-hybridized carbons (Fsp3) is 0.333. The van der Waals surface area contributed by atoms with E-state index in [0.717, 1.165) is 0 Å². The monoisotopic (exact) mass is 243 g/mol. The first-order valence-corrected chi connectivity index (χ1v) is 5.37. The van der Waals surface area contributed by atoms with E-state index in [9.17, 15) is 4.79 Å². The van der Waals surface area contributed by atoms with Gasteiger partial charge in [0, 0.05) is 24.4 Å². The molecule has 1 unspecified atom stereocenters. The molecule has 1 fully saturated rings. The number of rotatable bonds is 1. The van der Waals surface area contributed by atoms with E-state index in [1.165, 1.54) is 6.20 Å². The van der Waals surface area contributed by atoms with Gasteiger partial charge in [-0.05, 0) is 6.07 Å². The van der Waals surface area contributed by atoms with E-state index in [2.05, 4.69) is 17.6 Å². The van der Waals surface area contributed by atoms with E-state index >= 15 is 0 Å². The van der Waals surface area contributed by atoms with Gasteiger partial charge in [-0.15, -0.1) is 0 Å². The molecule has 1 aromatic rings. The number of nitrogens with zero attached hydrogens (tertiary/aromatic N) is 2. The van der Waals surface area contributed by atoms with Gasteiger partial charge in [-0.1, -0.05) is 11.6 Å². The molecule has 0 aromatic carbocycles. The Labute approximate surface area is 97.8 Å². The third kappa shape index (κ3) is 1.89. The number of carbonyl (C=O) groups is 1. The number of anilines is 2. The van der Waals surface area contributed by atoms with Gasteiger partial charge >= 0.3 is 0 Å². The molecule has 1 amide bonds. The third-order valence-corrected chi connectivity index (χ3v) is 2.91. The molecule has 0 aliphatic carbocycles. The zero-order chi connectivity index (χ0) is 11.0. The van der Waals surface area contributed by atoms with Crippen molar-refractivity contribution in [2.45, 2.75) is 11.7 Å². The van der Waals surface area contributed by atoms with Crippen molar-refractivity contribution < 1.29 is 4.79 Å². The van der Waals surface area contributed by atoms with Crippen LogP contribution in [0.5, 0.6) is 0 Å². The molecule has 1 aliphatic heterocycles. The molecule has 0 spiro atoms. The van der Waals surface area contributed by atoms with Crippen molar-refractivity contribution in [2.75, 3.05) is 17.2 Å². The van der Waals surface area contributed by atoms with Gasteiger partial charge in [-0.3, -0.25) is 4.79 Å². The maximum Gasteiger partial charge on any atom is 0.228 e. The molecule has 1 aromatic heterocycles. The standard InChI is InChI=1S/C9H10ClN3OS/c10-9-8(6(11)1-2-12-9)13-4-5(15)3-7(13)14/h1-2,5,15H,3-4H2,(H2,11,12). The second-order valence-electron chi connectivity index (χ2n) is 3.40. The summed E-state index contributed by atoms with van der Waals surface area (Å²) >= 11 is 10.2. The number of nitrogens with two attached hydrogens (primary N) is 1.